The lowest BCUT2D eigenvalue weighted by molar-refractivity contribution is -0.141. The van der Waals surface area contributed by atoms with E-state index < -0.39 is 0 Å². The Morgan fingerprint density at radius 3 is 2.86 bits per heavy atom. The van der Waals surface area contributed by atoms with E-state index in [9.17, 15) is 4.79 Å². The SMILES string of the molecule is CCCc1c(NN)ncnc1SCC1(CC(=O)OC)CC1. The Morgan fingerprint density at radius 2 is 2.29 bits per heavy atom. The van der Waals surface area contributed by atoms with Crippen LogP contribution in [0, 0.1) is 5.41 Å². The zero-order chi connectivity index (χ0) is 15.3. The van der Waals surface area contributed by atoms with Gasteiger partial charge in [0.1, 0.15) is 17.2 Å². The average Bonchev–Trinajstić information content (AvgIpc) is 3.26. The highest BCUT2D eigenvalue weighted by molar-refractivity contribution is 7.99. The topological polar surface area (TPSA) is 90.1 Å². The summed E-state index contributed by atoms with van der Waals surface area (Å²) in [6, 6.07) is 0. The first-order valence-electron chi connectivity index (χ1n) is 7.14. The number of hydrogen-bond acceptors (Lipinski definition) is 7. The summed E-state index contributed by atoms with van der Waals surface area (Å²) in [5.41, 5.74) is 3.78. The van der Waals surface area contributed by atoms with E-state index in [1.807, 2.05) is 0 Å². The third kappa shape index (κ3) is 4.07. The zero-order valence-electron chi connectivity index (χ0n) is 12.5. The molecule has 1 saturated carbocycles. The molecule has 21 heavy (non-hydrogen) atoms. The molecule has 6 nitrogen and oxygen atoms in total. The van der Waals surface area contributed by atoms with Crippen LogP contribution in [0.4, 0.5) is 5.82 Å². The number of rotatable bonds is 8. The van der Waals surface area contributed by atoms with Gasteiger partial charge in [0.05, 0.1) is 13.5 Å². The van der Waals surface area contributed by atoms with Crippen molar-refractivity contribution in [3.63, 3.8) is 0 Å². The van der Waals surface area contributed by atoms with E-state index in [2.05, 4.69) is 22.3 Å². The van der Waals surface area contributed by atoms with E-state index in [0.717, 1.165) is 42.0 Å². The van der Waals surface area contributed by atoms with Crippen LogP contribution in [0.5, 0.6) is 0 Å². The Kier molecular flexibility index (Phi) is 5.41. The molecule has 0 spiro atoms. The summed E-state index contributed by atoms with van der Waals surface area (Å²) in [4.78, 5) is 20.0. The highest BCUT2D eigenvalue weighted by Crippen LogP contribution is 2.52. The molecule has 0 saturated heterocycles. The van der Waals surface area contributed by atoms with Crippen LogP contribution in [0.2, 0.25) is 0 Å². The second kappa shape index (κ2) is 7.09. The highest BCUT2D eigenvalue weighted by Gasteiger charge is 2.44. The lowest BCUT2D eigenvalue weighted by Crippen LogP contribution is -2.14. The molecule has 0 aromatic carbocycles. The number of esters is 1. The quantitative estimate of drug-likeness (QED) is 0.250. The van der Waals surface area contributed by atoms with Gasteiger partial charge in [-0.2, -0.15) is 0 Å². The summed E-state index contributed by atoms with van der Waals surface area (Å²) >= 11 is 1.68. The van der Waals surface area contributed by atoms with Gasteiger partial charge in [-0.05, 0) is 24.7 Å². The monoisotopic (exact) mass is 310 g/mol. The number of aromatic nitrogens is 2. The van der Waals surface area contributed by atoms with Gasteiger partial charge in [-0.15, -0.1) is 11.8 Å². The zero-order valence-corrected chi connectivity index (χ0v) is 13.3. The molecule has 0 atom stereocenters. The van der Waals surface area contributed by atoms with E-state index >= 15 is 0 Å². The Bertz CT molecular complexity index is 506. The molecule has 0 amide bonds. The number of thioether (sulfide) groups is 1. The number of hydrogen-bond donors (Lipinski definition) is 2. The number of methoxy groups -OCH3 is 1. The standard InChI is InChI=1S/C14H22N4O2S/c1-3-4-10-12(18-15)16-9-17-13(10)21-8-14(5-6-14)7-11(19)20-2/h9H,3-8,15H2,1-2H3,(H,16,17,18). The first-order chi connectivity index (χ1) is 10.1. The van der Waals surface area contributed by atoms with Crippen molar-refractivity contribution in [2.45, 2.75) is 44.1 Å². The summed E-state index contributed by atoms with van der Waals surface area (Å²) in [6.07, 6.45) is 6.05. The van der Waals surface area contributed by atoms with Crippen molar-refractivity contribution in [2.75, 3.05) is 18.3 Å². The number of ether oxygens (including phenoxy) is 1. The number of nitrogens with zero attached hydrogens (tertiary/aromatic N) is 2. The van der Waals surface area contributed by atoms with Crippen molar-refractivity contribution in [3.05, 3.63) is 11.9 Å². The highest BCUT2D eigenvalue weighted by atomic mass is 32.2. The lowest BCUT2D eigenvalue weighted by Gasteiger charge is -2.15. The Hall–Kier alpha value is -1.34. The summed E-state index contributed by atoms with van der Waals surface area (Å²) < 4.78 is 4.78. The summed E-state index contributed by atoms with van der Waals surface area (Å²) in [5.74, 6) is 6.95. The fraction of sp³-hybridized carbons (Fsp3) is 0.643. The minimum absolute atomic E-state index is 0.0858. The largest absolute Gasteiger partial charge is 0.469 e. The van der Waals surface area contributed by atoms with E-state index in [4.69, 9.17) is 10.6 Å². The second-order valence-corrected chi connectivity index (χ2v) is 6.41. The molecule has 1 aromatic heterocycles. The molecule has 3 N–H and O–H groups in total. The Morgan fingerprint density at radius 1 is 1.52 bits per heavy atom. The second-order valence-electron chi connectivity index (χ2n) is 5.44. The lowest BCUT2D eigenvalue weighted by atomic mass is 10.1. The molecule has 0 bridgehead atoms. The van der Waals surface area contributed by atoms with Crippen LogP contribution in [0.1, 0.15) is 38.2 Å². The van der Waals surface area contributed by atoms with Crippen LogP contribution in [0.3, 0.4) is 0 Å². The molecule has 1 fully saturated rings. The van der Waals surface area contributed by atoms with E-state index in [-0.39, 0.29) is 11.4 Å². The molecule has 0 aliphatic heterocycles. The van der Waals surface area contributed by atoms with E-state index in [1.165, 1.54) is 13.4 Å². The van der Waals surface area contributed by atoms with Gasteiger partial charge in [0, 0.05) is 11.3 Å². The van der Waals surface area contributed by atoms with Gasteiger partial charge in [-0.25, -0.2) is 15.8 Å². The number of anilines is 1. The van der Waals surface area contributed by atoms with Crippen LogP contribution in [-0.4, -0.2) is 28.8 Å². The summed E-state index contributed by atoms with van der Waals surface area (Å²) in [5, 5.41) is 0.955. The molecule has 1 heterocycles. The number of nitrogen functional groups attached to an aromatic ring is 1. The Labute approximate surface area is 129 Å². The van der Waals surface area contributed by atoms with Gasteiger partial charge in [-0.1, -0.05) is 13.3 Å². The fourth-order valence-electron chi connectivity index (χ4n) is 2.27. The van der Waals surface area contributed by atoms with Crippen molar-refractivity contribution in [3.8, 4) is 0 Å². The van der Waals surface area contributed by atoms with E-state index in [1.54, 1.807) is 11.8 Å². The minimum atomic E-state index is -0.131. The maximum Gasteiger partial charge on any atom is 0.306 e. The number of carbonyl (C=O) groups excluding carboxylic acids is 1. The van der Waals surface area contributed by atoms with Gasteiger partial charge in [0.2, 0.25) is 0 Å². The Balaban J connectivity index is 2.04. The smallest absolute Gasteiger partial charge is 0.306 e. The summed E-state index contributed by atoms with van der Waals surface area (Å²) in [6.45, 7) is 2.11. The fourth-order valence-corrected chi connectivity index (χ4v) is 3.60. The van der Waals surface area contributed by atoms with Gasteiger partial charge in [-0.3, -0.25) is 4.79 Å². The molecular weight excluding hydrogens is 288 g/mol. The van der Waals surface area contributed by atoms with Crippen LogP contribution in [0.25, 0.3) is 0 Å². The molecule has 0 unspecified atom stereocenters. The van der Waals surface area contributed by atoms with Gasteiger partial charge in [0.25, 0.3) is 0 Å². The van der Waals surface area contributed by atoms with E-state index in [0.29, 0.717) is 12.2 Å². The first-order valence-corrected chi connectivity index (χ1v) is 8.13. The average molecular weight is 310 g/mol. The molecular formula is C14H22N4O2S. The predicted molar refractivity (Wildman–Crippen MR) is 82.9 cm³/mol. The number of carbonyl (C=O) groups is 1. The molecule has 7 heteroatoms. The first kappa shape index (κ1) is 16.0. The number of nitrogens with two attached hydrogens (primary N) is 1. The molecule has 1 aromatic rings. The maximum atomic E-state index is 11.5. The van der Waals surface area contributed by atoms with Gasteiger partial charge in [0.15, 0.2) is 0 Å². The third-order valence-electron chi connectivity index (χ3n) is 3.76. The van der Waals surface area contributed by atoms with Crippen molar-refractivity contribution < 1.29 is 9.53 Å². The van der Waals surface area contributed by atoms with Crippen LogP contribution in [-0.2, 0) is 16.0 Å². The predicted octanol–water partition coefficient (Wildman–Crippen LogP) is 2.15. The number of hydrazine groups is 1. The molecule has 1 aliphatic carbocycles. The number of nitrogens with one attached hydrogen (secondary N) is 1. The molecule has 1 aliphatic rings. The van der Waals surface area contributed by atoms with Crippen LogP contribution >= 0.6 is 11.8 Å². The molecule has 116 valence electrons. The maximum absolute atomic E-state index is 11.5. The summed E-state index contributed by atoms with van der Waals surface area (Å²) in [7, 11) is 1.44. The third-order valence-corrected chi connectivity index (χ3v) is 5.14. The normalized spacial score (nSPS) is 15.6. The van der Waals surface area contributed by atoms with Gasteiger partial charge < -0.3 is 10.2 Å². The van der Waals surface area contributed by atoms with Crippen molar-refractivity contribution in [1.29, 1.82) is 0 Å². The van der Waals surface area contributed by atoms with Gasteiger partial charge >= 0.3 is 5.97 Å². The minimum Gasteiger partial charge on any atom is -0.469 e. The molecule has 0 radical (unpaired) electrons. The van der Waals surface area contributed by atoms with Crippen molar-refractivity contribution in [2.24, 2.45) is 11.3 Å². The van der Waals surface area contributed by atoms with Crippen LogP contribution < -0.4 is 11.3 Å². The molecule has 2 rings (SSSR count). The van der Waals surface area contributed by atoms with Crippen molar-refractivity contribution in [1.82, 2.24) is 9.97 Å². The van der Waals surface area contributed by atoms with Crippen molar-refractivity contribution >= 4 is 23.5 Å². The van der Waals surface area contributed by atoms with Crippen LogP contribution in [0.15, 0.2) is 11.4 Å².